The molecule has 3 saturated carbocycles. The van der Waals surface area contributed by atoms with E-state index in [0.29, 0.717) is 47.7 Å². The molecule has 3 nitrogen and oxygen atoms in total. The van der Waals surface area contributed by atoms with Crippen molar-refractivity contribution in [3.63, 3.8) is 0 Å². The van der Waals surface area contributed by atoms with Crippen LogP contribution in [0.1, 0.15) is 105 Å². The zero-order valence-electron chi connectivity index (χ0n) is 25.3. The van der Waals surface area contributed by atoms with E-state index in [2.05, 4.69) is 40.7 Å². The first-order valence-corrected chi connectivity index (χ1v) is 17.4. The van der Waals surface area contributed by atoms with Gasteiger partial charge in [-0.3, -0.25) is 0 Å². The maximum absolute atomic E-state index is 6.30. The number of rotatable bonds is 12. The normalized spacial score (nSPS) is 37.2. The molecule has 8 atom stereocenters. The van der Waals surface area contributed by atoms with Crippen molar-refractivity contribution >= 4 is 28.4 Å². The summed E-state index contributed by atoms with van der Waals surface area (Å²) in [7, 11) is 0. The van der Waals surface area contributed by atoms with Gasteiger partial charge in [0.25, 0.3) is 0 Å². The Hall–Kier alpha value is -0.100. The first-order valence-electron chi connectivity index (χ1n) is 15.8. The smallest absolute Gasteiger partial charge is 0.219 e. The SMILES string of the molecule is CSC(=S)OCCOCCO[C@H]1CC[C@@]2(C)C(=CC[C@H]3[C@@H]4CC[C@H]([C@H](C)CCCC(C)C)[C@@]4(C)CC[C@@H]32)C1. The third-order valence-corrected chi connectivity index (χ3v) is 12.5. The predicted molar refractivity (Wildman–Crippen MR) is 166 cm³/mol. The molecule has 4 aliphatic rings. The molecule has 218 valence electrons. The fourth-order valence-corrected chi connectivity index (χ4v) is 9.70. The molecule has 3 fully saturated rings. The van der Waals surface area contributed by atoms with Crippen LogP contribution in [0.15, 0.2) is 11.6 Å². The molecule has 0 aromatic rings. The molecule has 0 spiro atoms. The number of fused-ring (bicyclic) bond motifs is 5. The molecule has 0 aromatic carbocycles. The average Bonchev–Trinajstić information content (AvgIpc) is 3.25. The zero-order chi connectivity index (χ0) is 27.3. The molecule has 0 bridgehead atoms. The van der Waals surface area contributed by atoms with Crippen molar-refractivity contribution in [2.75, 3.05) is 32.7 Å². The first kappa shape index (κ1) is 30.8. The Morgan fingerprint density at radius 1 is 1.00 bits per heavy atom. The van der Waals surface area contributed by atoms with Crippen LogP contribution < -0.4 is 0 Å². The van der Waals surface area contributed by atoms with Crippen molar-refractivity contribution in [1.82, 2.24) is 0 Å². The number of hydrogen-bond acceptors (Lipinski definition) is 5. The standard InChI is InChI=1S/C33H56O3S2/c1-23(2)8-7-9-24(3)28-12-13-29-27-11-10-25-22-26(35-20-18-34-19-21-36-31(37)38-6)14-16-32(25,4)30(27)15-17-33(28,29)5/h10,23-24,26-30H,7-9,11-22H2,1-6H3/t24-,26+,27+,28-,29+,30+,32+,33-/m1/s1. The molecule has 0 N–H and O–H groups in total. The molecular formula is C33H56O3S2. The van der Waals surface area contributed by atoms with Gasteiger partial charge >= 0.3 is 0 Å². The van der Waals surface area contributed by atoms with Crippen molar-refractivity contribution in [3.8, 4) is 0 Å². The second-order valence-corrected chi connectivity index (χ2v) is 15.3. The molecule has 0 aromatic heterocycles. The zero-order valence-corrected chi connectivity index (χ0v) is 26.9. The molecule has 0 aliphatic heterocycles. The lowest BCUT2D eigenvalue weighted by Crippen LogP contribution is -2.51. The third kappa shape index (κ3) is 6.85. The molecule has 0 heterocycles. The van der Waals surface area contributed by atoms with E-state index in [0.717, 1.165) is 41.9 Å². The second-order valence-electron chi connectivity index (χ2n) is 13.9. The summed E-state index contributed by atoms with van der Waals surface area (Å²) in [5, 5.41) is 0. The van der Waals surface area contributed by atoms with E-state index in [1.54, 1.807) is 5.57 Å². The van der Waals surface area contributed by atoms with Crippen LogP contribution in [-0.2, 0) is 14.2 Å². The minimum absolute atomic E-state index is 0.353. The molecular weight excluding hydrogens is 508 g/mol. The number of hydrogen-bond donors (Lipinski definition) is 0. The summed E-state index contributed by atoms with van der Waals surface area (Å²) in [6.45, 7) is 15.1. The molecule has 0 amide bonds. The van der Waals surface area contributed by atoms with Gasteiger partial charge in [-0.25, -0.2) is 0 Å². The van der Waals surface area contributed by atoms with E-state index < -0.39 is 0 Å². The van der Waals surface area contributed by atoms with Gasteiger partial charge in [-0.2, -0.15) is 0 Å². The third-order valence-electron chi connectivity index (χ3n) is 11.5. The fourth-order valence-electron chi connectivity index (χ4n) is 9.41. The van der Waals surface area contributed by atoms with Crippen LogP contribution in [-0.4, -0.2) is 43.2 Å². The Morgan fingerprint density at radius 3 is 2.55 bits per heavy atom. The molecule has 4 aliphatic carbocycles. The minimum atomic E-state index is 0.353. The lowest BCUT2D eigenvalue weighted by atomic mass is 9.47. The van der Waals surface area contributed by atoms with Crippen LogP contribution in [0.3, 0.4) is 0 Å². The van der Waals surface area contributed by atoms with Crippen LogP contribution in [0.25, 0.3) is 0 Å². The molecule has 0 unspecified atom stereocenters. The van der Waals surface area contributed by atoms with Gasteiger partial charge in [-0.15, -0.1) is 0 Å². The Bertz CT molecular complexity index is 812. The highest BCUT2D eigenvalue weighted by Gasteiger charge is 2.59. The fraction of sp³-hybridized carbons (Fsp3) is 0.909. The highest BCUT2D eigenvalue weighted by Crippen LogP contribution is 2.67. The Labute approximate surface area is 244 Å². The van der Waals surface area contributed by atoms with E-state index in [9.17, 15) is 0 Å². The Kier molecular flexibility index (Phi) is 11.1. The summed E-state index contributed by atoms with van der Waals surface area (Å²) in [5.74, 6) is 5.40. The van der Waals surface area contributed by atoms with Gasteiger partial charge in [0.1, 0.15) is 6.61 Å². The van der Waals surface area contributed by atoms with Crippen LogP contribution in [0.4, 0.5) is 0 Å². The summed E-state index contributed by atoms with van der Waals surface area (Å²) in [6.07, 6.45) is 20.0. The van der Waals surface area contributed by atoms with Crippen LogP contribution >= 0.6 is 24.0 Å². The van der Waals surface area contributed by atoms with Crippen molar-refractivity contribution in [2.24, 2.45) is 46.3 Å². The number of allylic oxidation sites excluding steroid dienone is 1. The minimum Gasteiger partial charge on any atom is -0.476 e. The number of ether oxygens (including phenoxy) is 3. The van der Waals surface area contributed by atoms with Crippen LogP contribution in [0.2, 0.25) is 0 Å². The quantitative estimate of drug-likeness (QED) is 0.134. The van der Waals surface area contributed by atoms with Crippen molar-refractivity contribution in [3.05, 3.63) is 11.6 Å². The van der Waals surface area contributed by atoms with Gasteiger partial charge in [0.15, 0.2) is 0 Å². The van der Waals surface area contributed by atoms with E-state index in [1.807, 2.05) is 6.26 Å². The van der Waals surface area contributed by atoms with Crippen molar-refractivity contribution in [2.45, 2.75) is 111 Å². The molecule has 0 saturated heterocycles. The highest BCUT2D eigenvalue weighted by atomic mass is 32.2. The van der Waals surface area contributed by atoms with Gasteiger partial charge in [-0.05, 0) is 116 Å². The largest absolute Gasteiger partial charge is 0.476 e. The second kappa shape index (κ2) is 13.7. The van der Waals surface area contributed by atoms with E-state index >= 15 is 0 Å². The molecule has 5 heteroatoms. The van der Waals surface area contributed by atoms with Crippen LogP contribution in [0.5, 0.6) is 0 Å². The van der Waals surface area contributed by atoms with Gasteiger partial charge in [0.05, 0.1) is 25.9 Å². The molecule has 0 radical (unpaired) electrons. The van der Waals surface area contributed by atoms with Gasteiger partial charge in [0, 0.05) is 0 Å². The first-order chi connectivity index (χ1) is 18.2. The maximum Gasteiger partial charge on any atom is 0.219 e. The Balaban J connectivity index is 1.27. The highest BCUT2D eigenvalue weighted by molar-refractivity contribution is 8.22. The lowest BCUT2D eigenvalue weighted by molar-refractivity contribution is -0.0682. The van der Waals surface area contributed by atoms with Gasteiger partial charge in [0.2, 0.25) is 4.38 Å². The topological polar surface area (TPSA) is 27.7 Å². The maximum atomic E-state index is 6.30. The average molecular weight is 565 g/mol. The monoisotopic (exact) mass is 564 g/mol. The predicted octanol–water partition coefficient (Wildman–Crippen LogP) is 9.09. The molecule has 4 rings (SSSR count). The van der Waals surface area contributed by atoms with Crippen molar-refractivity contribution < 1.29 is 14.2 Å². The van der Waals surface area contributed by atoms with E-state index in [1.165, 1.54) is 76.0 Å². The molecule has 38 heavy (non-hydrogen) atoms. The van der Waals surface area contributed by atoms with Crippen LogP contribution in [0, 0.1) is 46.3 Å². The lowest BCUT2D eigenvalue weighted by Gasteiger charge is -2.58. The van der Waals surface area contributed by atoms with Crippen molar-refractivity contribution in [1.29, 1.82) is 0 Å². The summed E-state index contributed by atoms with van der Waals surface area (Å²) < 4.78 is 18.0. The number of thiocarbonyl (C=S) groups is 1. The van der Waals surface area contributed by atoms with E-state index in [4.69, 9.17) is 26.4 Å². The summed E-state index contributed by atoms with van der Waals surface area (Å²) >= 11 is 6.51. The van der Waals surface area contributed by atoms with E-state index in [-0.39, 0.29) is 0 Å². The Morgan fingerprint density at radius 2 is 1.79 bits per heavy atom. The van der Waals surface area contributed by atoms with Gasteiger partial charge in [-0.1, -0.05) is 77.3 Å². The van der Waals surface area contributed by atoms with Gasteiger partial charge < -0.3 is 14.2 Å². The number of thioether (sulfide) groups is 1. The summed E-state index contributed by atoms with van der Waals surface area (Å²) in [4.78, 5) is 0. The summed E-state index contributed by atoms with van der Waals surface area (Å²) in [6, 6.07) is 0. The summed E-state index contributed by atoms with van der Waals surface area (Å²) in [5.41, 5.74) is 2.69.